The molecular formula is C10H12N2O3S. The molecule has 6 heteroatoms. The van der Waals surface area contributed by atoms with Crippen LogP contribution in [0.25, 0.3) is 0 Å². The highest BCUT2D eigenvalue weighted by molar-refractivity contribution is 7.94. The van der Waals surface area contributed by atoms with Crippen LogP contribution in [0.1, 0.15) is 13.8 Å². The molecule has 0 saturated carbocycles. The molecule has 0 aromatic heterocycles. The molecule has 1 aliphatic rings. The van der Waals surface area contributed by atoms with Crippen molar-refractivity contribution in [3.05, 3.63) is 18.2 Å². The second-order valence-corrected chi connectivity index (χ2v) is 6.63. The third-order valence-electron chi connectivity index (χ3n) is 2.78. The van der Waals surface area contributed by atoms with Gasteiger partial charge >= 0.3 is 0 Å². The van der Waals surface area contributed by atoms with Crippen molar-refractivity contribution >= 4 is 27.1 Å². The highest BCUT2D eigenvalue weighted by atomic mass is 32.2. The van der Waals surface area contributed by atoms with Gasteiger partial charge in [0.2, 0.25) is 5.91 Å². The van der Waals surface area contributed by atoms with Gasteiger partial charge in [0.15, 0.2) is 9.84 Å². The van der Waals surface area contributed by atoms with Gasteiger partial charge in [0.25, 0.3) is 0 Å². The molecule has 1 aromatic carbocycles. The van der Waals surface area contributed by atoms with E-state index in [4.69, 9.17) is 5.73 Å². The monoisotopic (exact) mass is 240 g/mol. The van der Waals surface area contributed by atoms with E-state index in [2.05, 4.69) is 5.32 Å². The van der Waals surface area contributed by atoms with Crippen LogP contribution < -0.4 is 11.1 Å². The van der Waals surface area contributed by atoms with E-state index in [9.17, 15) is 13.2 Å². The summed E-state index contributed by atoms with van der Waals surface area (Å²) in [4.78, 5) is 11.7. The summed E-state index contributed by atoms with van der Waals surface area (Å²) in [5, 5.41) is 2.55. The number of anilines is 2. The summed E-state index contributed by atoms with van der Waals surface area (Å²) in [6.45, 7) is 2.74. The number of nitrogens with one attached hydrogen (secondary N) is 1. The van der Waals surface area contributed by atoms with Gasteiger partial charge in [0, 0.05) is 0 Å². The number of fused-ring (bicyclic) bond motifs is 1. The third kappa shape index (κ3) is 1.16. The molecule has 0 unspecified atom stereocenters. The Morgan fingerprint density at radius 1 is 1.31 bits per heavy atom. The molecule has 0 aliphatic carbocycles. The molecule has 1 amide bonds. The first-order valence-electron chi connectivity index (χ1n) is 4.73. The summed E-state index contributed by atoms with van der Waals surface area (Å²) >= 11 is 0. The van der Waals surface area contributed by atoms with Crippen molar-refractivity contribution in [1.82, 2.24) is 0 Å². The number of nitrogens with two attached hydrogens (primary N) is 1. The van der Waals surface area contributed by atoms with Gasteiger partial charge in [0.05, 0.1) is 11.4 Å². The summed E-state index contributed by atoms with van der Waals surface area (Å²) in [6.07, 6.45) is 0. The Labute approximate surface area is 93.6 Å². The largest absolute Gasteiger partial charge is 0.398 e. The normalized spacial score (nSPS) is 21.0. The molecule has 0 bridgehead atoms. The van der Waals surface area contributed by atoms with Gasteiger partial charge in [-0.2, -0.15) is 0 Å². The fourth-order valence-electron chi connectivity index (χ4n) is 1.60. The topological polar surface area (TPSA) is 89.3 Å². The Morgan fingerprint density at radius 2 is 1.94 bits per heavy atom. The highest BCUT2D eigenvalue weighted by Crippen LogP contribution is 2.39. The van der Waals surface area contributed by atoms with E-state index in [1.165, 1.54) is 26.0 Å². The van der Waals surface area contributed by atoms with Crippen LogP contribution in [0.15, 0.2) is 23.1 Å². The average Bonchev–Trinajstić information content (AvgIpc) is 2.15. The number of hydrogen-bond donors (Lipinski definition) is 2. The third-order valence-corrected chi connectivity index (χ3v) is 5.30. The lowest BCUT2D eigenvalue weighted by Crippen LogP contribution is -2.48. The lowest BCUT2D eigenvalue weighted by molar-refractivity contribution is -0.118. The second-order valence-electron chi connectivity index (χ2n) is 4.19. The van der Waals surface area contributed by atoms with Gasteiger partial charge in [-0.25, -0.2) is 8.42 Å². The fourth-order valence-corrected chi connectivity index (χ4v) is 3.20. The molecule has 0 radical (unpaired) electrons. The minimum Gasteiger partial charge on any atom is -0.398 e. The van der Waals surface area contributed by atoms with E-state index in [0.29, 0.717) is 0 Å². The van der Waals surface area contributed by atoms with Crippen molar-refractivity contribution < 1.29 is 13.2 Å². The Morgan fingerprint density at radius 3 is 2.56 bits per heavy atom. The molecular weight excluding hydrogens is 228 g/mol. The second kappa shape index (κ2) is 2.98. The first-order valence-corrected chi connectivity index (χ1v) is 6.21. The number of amides is 1. The van der Waals surface area contributed by atoms with Gasteiger partial charge in [-0.1, -0.05) is 6.07 Å². The molecule has 0 spiro atoms. The Balaban J connectivity index is 2.85. The van der Waals surface area contributed by atoms with E-state index in [1.54, 1.807) is 6.07 Å². The molecule has 1 heterocycles. The Bertz CT molecular complexity index is 576. The van der Waals surface area contributed by atoms with Crippen molar-refractivity contribution in [1.29, 1.82) is 0 Å². The minimum atomic E-state index is -3.74. The number of carbonyl (C=O) groups is 1. The molecule has 0 atom stereocenters. The van der Waals surface area contributed by atoms with E-state index in [0.717, 1.165) is 0 Å². The van der Waals surface area contributed by atoms with Gasteiger partial charge < -0.3 is 11.1 Å². The smallest absolute Gasteiger partial charge is 0.245 e. The predicted octanol–water partition coefficient (Wildman–Crippen LogP) is 0.773. The number of rotatable bonds is 0. The maximum atomic E-state index is 12.2. The number of nitrogen functional groups attached to an aromatic ring is 1. The number of sulfone groups is 1. The molecule has 16 heavy (non-hydrogen) atoms. The van der Waals surface area contributed by atoms with Gasteiger partial charge in [-0.05, 0) is 26.0 Å². The van der Waals surface area contributed by atoms with Crippen molar-refractivity contribution in [2.75, 3.05) is 11.1 Å². The summed E-state index contributed by atoms with van der Waals surface area (Å²) in [5.74, 6) is -0.536. The van der Waals surface area contributed by atoms with Crippen LogP contribution in [-0.2, 0) is 14.6 Å². The average molecular weight is 240 g/mol. The predicted molar refractivity (Wildman–Crippen MR) is 60.7 cm³/mol. The molecule has 2 rings (SSSR count). The highest BCUT2D eigenvalue weighted by Gasteiger charge is 2.48. The van der Waals surface area contributed by atoms with Crippen molar-refractivity contribution in [2.45, 2.75) is 23.5 Å². The number of benzene rings is 1. The Kier molecular flexibility index (Phi) is 2.03. The van der Waals surface area contributed by atoms with Crippen molar-refractivity contribution in [3.63, 3.8) is 0 Å². The van der Waals surface area contributed by atoms with Crippen LogP contribution in [0.3, 0.4) is 0 Å². The van der Waals surface area contributed by atoms with Gasteiger partial charge in [-0.3, -0.25) is 4.79 Å². The van der Waals surface area contributed by atoms with Crippen LogP contribution in [-0.4, -0.2) is 19.1 Å². The van der Waals surface area contributed by atoms with E-state index in [-0.39, 0.29) is 16.3 Å². The zero-order chi connectivity index (χ0) is 12.1. The molecule has 86 valence electrons. The maximum absolute atomic E-state index is 12.2. The molecule has 3 N–H and O–H groups in total. The summed E-state index contributed by atoms with van der Waals surface area (Å²) in [6, 6.07) is 4.63. The van der Waals surface area contributed by atoms with Crippen LogP contribution >= 0.6 is 0 Å². The first-order chi connectivity index (χ1) is 7.28. The van der Waals surface area contributed by atoms with Crippen LogP contribution in [0, 0.1) is 0 Å². The standard InChI is InChI=1S/C10H12N2O3S/c1-10(2)9(13)12-7-5-3-4-6(11)8(7)16(10,14)15/h3-5H,11H2,1-2H3,(H,12,13). The van der Waals surface area contributed by atoms with Crippen molar-refractivity contribution in [2.24, 2.45) is 0 Å². The van der Waals surface area contributed by atoms with E-state index < -0.39 is 20.5 Å². The summed E-state index contributed by atoms with van der Waals surface area (Å²) in [7, 11) is -3.74. The molecule has 0 saturated heterocycles. The first kappa shape index (κ1) is 10.9. The van der Waals surface area contributed by atoms with Crippen LogP contribution in [0.5, 0.6) is 0 Å². The molecule has 0 fully saturated rings. The zero-order valence-corrected chi connectivity index (χ0v) is 9.76. The lowest BCUT2D eigenvalue weighted by Gasteiger charge is -2.30. The molecule has 1 aliphatic heterocycles. The van der Waals surface area contributed by atoms with Crippen molar-refractivity contribution in [3.8, 4) is 0 Å². The summed E-state index contributed by atoms with van der Waals surface area (Å²) < 4.78 is 22.9. The fraction of sp³-hybridized carbons (Fsp3) is 0.300. The number of hydrogen-bond acceptors (Lipinski definition) is 4. The summed E-state index contributed by atoms with van der Waals surface area (Å²) in [5.41, 5.74) is 6.07. The zero-order valence-electron chi connectivity index (χ0n) is 8.94. The number of carbonyl (C=O) groups excluding carboxylic acids is 1. The van der Waals surface area contributed by atoms with E-state index in [1.807, 2.05) is 0 Å². The molecule has 1 aromatic rings. The lowest BCUT2D eigenvalue weighted by atomic mass is 10.1. The quantitative estimate of drug-likeness (QED) is 0.655. The van der Waals surface area contributed by atoms with Gasteiger partial charge in [-0.15, -0.1) is 0 Å². The maximum Gasteiger partial charge on any atom is 0.245 e. The van der Waals surface area contributed by atoms with Crippen LogP contribution in [0.2, 0.25) is 0 Å². The van der Waals surface area contributed by atoms with Gasteiger partial charge in [0.1, 0.15) is 9.64 Å². The Hall–Kier alpha value is -1.56. The van der Waals surface area contributed by atoms with Crippen LogP contribution in [0.4, 0.5) is 11.4 Å². The molecule has 5 nitrogen and oxygen atoms in total. The van der Waals surface area contributed by atoms with E-state index >= 15 is 0 Å². The SMILES string of the molecule is CC1(C)C(=O)Nc2cccc(N)c2S1(=O)=O. The minimum absolute atomic E-state index is 0.0135.